The lowest BCUT2D eigenvalue weighted by Crippen LogP contribution is -2.50. The number of nitrogens with zero attached hydrogens (tertiary/aromatic N) is 4. The molecule has 0 bridgehead atoms. The largest absolute Gasteiger partial charge is 0.368 e. The molecule has 2 aliphatic heterocycles. The number of benzene rings is 2. The number of aromatic nitrogens is 2. The second-order valence-electron chi connectivity index (χ2n) is 9.22. The zero-order valence-corrected chi connectivity index (χ0v) is 20.2. The van der Waals surface area contributed by atoms with Gasteiger partial charge in [-0.1, -0.05) is 18.6 Å². The third-order valence-electron chi connectivity index (χ3n) is 6.84. The Labute approximate surface area is 200 Å². The molecule has 0 unspecified atom stereocenters. The molecule has 1 saturated heterocycles. The SMILES string of the molecule is Cc1ccc(C)c(N2CCN(C(=S)Nc3ccc4nc5n(c(=O)c4c3)CCCCC5)CC2)c1. The smallest absolute Gasteiger partial charge is 0.261 e. The van der Waals surface area contributed by atoms with E-state index < -0.39 is 0 Å². The number of thiocarbonyl (C=S) groups is 1. The molecule has 2 aromatic carbocycles. The Kier molecular flexibility index (Phi) is 6.06. The summed E-state index contributed by atoms with van der Waals surface area (Å²) >= 11 is 5.73. The topological polar surface area (TPSA) is 53.4 Å². The fourth-order valence-electron chi connectivity index (χ4n) is 4.91. The molecule has 1 N–H and O–H groups in total. The van der Waals surface area contributed by atoms with Crippen molar-refractivity contribution in [1.29, 1.82) is 0 Å². The Hall–Kier alpha value is -2.93. The number of hydrogen-bond donors (Lipinski definition) is 1. The number of aryl methyl sites for hydroxylation is 3. The van der Waals surface area contributed by atoms with E-state index in [0.717, 1.165) is 75.4 Å². The highest BCUT2D eigenvalue weighted by molar-refractivity contribution is 7.80. The van der Waals surface area contributed by atoms with Crippen LogP contribution in [0, 0.1) is 13.8 Å². The fourth-order valence-corrected chi connectivity index (χ4v) is 5.21. The van der Waals surface area contributed by atoms with Crippen molar-refractivity contribution in [3.63, 3.8) is 0 Å². The highest BCUT2D eigenvalue weighted by Crippen LogP contribution is 2.23. The highest BCUT2D eigenvalue weighted by Gasteiger charge is 2.21. The van der Waals surface area contributed by atoms with Crippen molar-refractivity contribution in [3.05, 3.63) is 63.7 Å². The summed E-state index contributed by atoms with van der Waals surface area (Å²) in [7, 11) is 0. The molecule has 1 aromatic heterocycles. The lowest BCUT2D eigenvalue weighted by atomic mass is 10.1. The quantitative estimate of drug-likeness (QED) is 0.576. The van der Waals surface area contributed by atoms with Crippen LogP contribution in [0.5, 0.6) is 0 Å². The van der Waals surface area contributed by atoms with E-state index in [4.69, 9.17) is 17.2 Å². The standard InChI is InChI=1S/C26H31N5OS/c1-18-7-8-19(2)23(16-18)29-12-14-30(15-13-29)26(33)27-20-9-10-22-21(17-20)25(32)31-11-5-3-4-6-24(31)28-22/h7-10,16-17H,3-6,11-15H2,1-2H3,(H,27,33). The van der Waals surface area contributed by atoms with Crippen LogP contribution < -0.4 is 15.8 Å². The number of fused-ring (bicyclic) bond motifs is 2. The molecule has 0 radical (unpaired) electrons. The van der Waals surface area contributed by atoms with Crippen LogP contribution in [0.1, 0.15) is 36.2 Å². The summed E-state index contributed by atoms with van der Waals surface area (Å²) in [5, 5.41) is 4.73. The third kappa shape index (κ3) is 4.47. The van der Waals surface area contributed by atoms with Gasteiger partial charge in [-0.15, -0.1) is 0 Å². The molecule has 0 spiro atoms. The number of hydrogen-bond acceptors (Lipinski definition) is 4. The normalized spacial score (nSPS) is 16.4. The van der Waals surface area contributed by atoms with Gasteiger partial charge < -0.3 is 15.1 Å². The molecular weight excluding hydrogens is 430 g/mol. The minimum Gasteiger partial charge on any atom is -0.368 e. The summed E-state index contributed by atoms with van der Waals surface area (Å²) in [6.45, 7) is 8.67. The van der Waals surface area contributed by atoms with Gasteiger partial charge in [0.25, 0.3) is 5.56 Å². The van der Waals surface area contributed by atoms with Gasteiger partial charge in [0.15, 0.2) is 5.11 Å². The maximum atomic E-state index is 13.1. The van der Waals surface area contributed by atoms with Crippen LogP contribution in [0.3, 0.4) is 0 Å². The molecule has 0 saturated carbocycles. The average Bonchev–Trinajstić information content (AvgIpc) is 3.07. The van der Waals surface area contributed by atoms with E-state index in [2.05, 4.69) is 47.2 Å². The molecule has 6 nitrogen and oxygen atoms in total. The molecule has 33 heavy (non-hydrogen) atoms. The van der Waals surface area contributed by atoms with Crippen molar-refractivity contribution in [3.8, 4) is 0 Å². The third-order valence-corrected chi connectivity index (χ3v) is 7.20. The van der Waals surface area contributed by atoms with Gasteiger partial charge in [0, 0.05) is 50.5 Å². The molecule has 3 heterocycles. The van der Waals surface area contributed by atoms with Gasteiger partial charge >= 0.3 is 0 Å². The van der Waals surface area contributed by atoms with Gasteiger partial charge in [0.05, 0.1) is 10.9 Å². The Balaban J connectivity index is 1.29. The van der Waals surface area contributed by atoms with E-state index in [1.165, 1.54) is 16.8 Å². The van der Waals surface area contributed by atoms with Gasteiger partial charge in [0.2, 0.25) is 0 Å². The van der Waals surface area contributed by atoms with Gasteiger partial charge in [0.1, 0.15) is 5.82 Å². The van der Waals surface area contributed by atoms with Gasteiger partial charge in [-0.25, -0.2) is 4.98 Å². The first-order chi connectivity index (χ1) is 16.0. The van der Waals surface area contributed by atoms with E-state index in [-0.39, 0.29) is 5.56 Å². The van der Waals surface area contributed by atoms with Crippen molar-refractivity contribution >= 4 is 39.6 Å². The minimum atomic E-state index is 0.0635. The number of rotatable bonds is 2. The first kappa shape index (κ1) is 21.9. The lowest BCUT2D eigenvalue weighted by molar-refractivity contribution is 0.390. The maximum Gasteiger partial charge on any atom is 0.261 e. The van der Waals surface area contributed by atoms with Gasteiger partial charge in [-0.3, -0.25) is 9.36 Å². The molecule has 0 aliphatic carbocycles. The van der Waals surface area contributed by atoms with E-state index in [1.807, 2.05) is 22.8 Å². The van der Waals surface area contributed by atoms with E-state index >= 15 is 0 Å². The Morgan fingerprint density at radius 3 is 2.61 bits per heavy atom. The van der Waals surface area contributed by atoms with E-state index in [1.54, 1.807) is 0 Å². The van der Waals surface area contributed by atoms with Crippen LogP contribution in [0.2, 0.25) is 0 Å². The van der Waals surface area contributed by atoms with Crippen molar-refractivity contribution in [1.82, 2.24) is 14.5 Å². The summed E-state index contributed by atoms with van der Waals surface area (Å²) in [4.78, 5) is 22.6. The predicted octanol–water partition coefficient (Wildman–Crippen LogP) is 4.26. The Morgan fingerprint density at radius 2 is 1.79 bits per heavy atom. The summed E-state index contributed by atoms with van der Waals surface area (Å²) in [6.07, 6.45) is 4.17. The van der Waals surface area contributed by atoms with Crippen LogP contribution >= 0.6 is 12.2 Å². The Bertz CT molecular complexity index is 1260. The van der Waals surface area contributed by atoms with Crippen molar-refractivity contribution < 1.29 is 0 Å². The van der Waals surface area contributed by atoms with Crippen LogP contribution in [-0.4, -0.2) is 45.7 Å². The van der Waals surface area contributed by atoms with Crippen molar-refractivity contribution in [2.75, 3.05) is 36.4 Å². The second-order valence-corrected chi connectivity index (χ2v) is 9.61. The first-order valence-corrected chi connectivity index (χ1v) is 12.3. The molecule has 1 fully saturated rings. The van der Waals surface area contributed by atoms with Crippen LogP contribution in [-0.2, 0) is 13.0 Å². The van der Waals surface area contributed by atoms with Gasteiger partial charge in [-0.2, -0.15) is 0 Å². The summed E-state index contributed by atoms with van der Waals surface area (Å²) in [5.41, 5.74) is 5.59. The van der Waals surface area contributed by atoms with Crippen molar-refractivity contribution in [2.24, 2.45) is 0 Å². The summed E-state index contributed by atoms with van der Waals surface area (Å²) in [6, 6.07) is 12.4. The van der Waals surface area contributed by atoms with E-state index in [0.29, 0.717) is 10.5 Å². The van der Waals surface area contributed by atoms with Crippen LogP contribution in [0.4, 0.5) is 11.4 Å². The molecule has 5 rings (SSSR count). The average molecular weight is 462 g/mol. The molecule has 172 valence electrons. The molecule has 7 heteroatoms. The Morgan fingerprint density at radius 1 is 0.970 bits per heavy atom. The minimum absolute atomic E-state index is 0.0635. The fraction of sp³-hybridized carbons (Fsp3) is 0.423. The molecule has 2 aliphatic rings. The number of nitrogens with one attached hydrogen (secondary N) is 1. The zero-order chi connectivity index (χ0) is 22.9. The maximum absolute atomic E-state index is 13.1. The number of anilines is 2. The number of piperazine rings is 1. The van der Waals surface area contributed by atoms with Crippen LogP contribution in [0.15, 0.2) is 41.2 Å². The first-order valence-electron chi connectivity index (χ1n) is 11.9. The molecule has 3 aromatic rings. The molecule has 0 atom stereocenters. The highest BCUT2D eigenvalue weighted by atomic mass is 32.1. The van der Waals surface area contributed by atoms with Gasteiger partial charge in [-0.05, 0) is 74.3 Å². The molecule has 0 amide bonds. The summed E-state index contributed by atoms with van der Waals surface area (Å²) < 4.78 is 1.87. The predicted molar refractivity (Wildman–Crippen MR) is 139 cm³/mol. The lowest BCUT2D eigenvalue weighted by Gasteiger charge is -2.38. The van der Waals surface area contributed by atoms with E-state index in [9.17, 15) is 4.79 Å². The molecular formula is C26H31N5OS. The van der Waals surface area contributed by atoms with Crippen LogP contribution in [0.25, 0.3) is 10.9 Å². The summed E-state index contributed by atoms with van der Waals surface area (Å²) in [5.74, 6) is 0.919. The zero-order valence-electron chi connectivity index (χ0n) is 19.4. The van der Waals surface area contributed by atoms with Crippen molar-refractivity contribution in [2.45, 2.75) is 46.1 Å². The monoisotopic (exact) mass is 461 g/mol. The second kappa shape index (κ2) is 9.14.